The Labute approximate surface area is 69.1 Å². The first kappa shape index (κ1) is 10.9. The molecule has 3 heteroatoms. The smallest absolute Gasteiger partial charge is 0.224 e. The van der Waals surface area contributed by atoms with Gasteiger partial charge >= 0.3 is 0 Å². The lowest BCUT2D eigenvalue weighted by molar-refractivity contribution is 0.339. The molecule has 0 aliphatic carbocycles. The highest BCUT2D eigenvalue weighted by molar-refractivity contribution is 7.62. The van der Waals surface area contributed by atoms with Gasteiger partial charge < -0.3 is 4.52 Å². The Morgan fingerprint density at radius 2 is 2.18 bits per heavy atom. The van der Waals surface area contributed by atoms with Crippen LogP contribution in [0, 0.1) is 0 Å². The third-order valence-electron chi connectivity index (χ3n) is 1.45. The summed E-state index contributed by atoms with van der Waals surface area (Å²) in [5.74, 6) is 1.46. The molecule has 1 atom stereocenters. The summed E-state index contributed by atoms with van der Waals surface area (Å²) in [6.45, 7) is 7.94. The topological polar surface area (TPSA) is 26.3 Å². The molecule has 0 radical (unpaired) electrons. The van der Waals surface area contributed by atoms with Crippen molar-refractivity contribution in [1.29, 1.82) is 0 Å². The highest BCUT2D eigenvalue weighted by Crippen LogP contribution is 2.48. The molecule has 0 spiro atoms. The van der Waals surface area contributed by atoms with Gasteiger partial charge in [0.25, 0.3) is 0 Å². The van der Waals surface area contributed by atoms with Gasteiger partial charge in [-0.2, -0.15) is 0 Å². The summed E-state index contributed by atoms with van der Waals surface area (Å²) < 4.78 is 16.7. The van der Waals surface area contributed by atoms with Gasteiger partial charge in [0.2, 0.25) is 7.37 Å². The predicted octanol–water partition coefficient (Wildman–Crippen LogP) is 3.24. The molecule has 0 heterocycles. The van der Waals surface area contributed by atoms with E-state index in [0.29, 0.717) is 12.8 Å². The zero-order chi connectivity index (χ0) is 8.74. The molecule has 0 aliphatic heterocycles. The molecule has 0 rings (SSSR count). The van der Waals surface area contributed by atoms with Crippen molar-refractivity contribution in [1.82, 2.24) is 0 Å². The lowest BCUT2D eigenvalue weighted by Gasteiger charge is -2.11. The van der Waals surface area contributed by atoms with Crippen LogP contribution in [0.1, 0.15) is 26.7 Å². The van der Waals surface area contributed by atoms with E-state index in [-0.39, 0.29) is 0 Å². The minimum atomic E-state index is -2.45. The second-order valence-electron chi connectivity index (χ2n) is 2.40. The van der Waals surface area contributed by atoms with Gasteiger partial charge in [0.15, 0.2) is 0 Å². The average Bonchev–Trinajstić information content (AvgIpc) is 2.02. The molecule has 66 valence electrons. The van der Waals surface area contributed by atoms with Crippen molar-refractivity contribution in [2.75, 3.05) is 12.8 Å². The lowest BCUT2D eigenvalue weighted by atomic mass is 10.4. The Morgan fingerprint density at radius 3 is 2.55 bits per heavy atom. The summed E-state index contributed by atoms with van der Waals surface area (Å²) >= 11 is 0. The van der Waals surface area contributed by atoms with E-state index in [1.54, 1.807) is 0 Å². The van der Waals surface area contributed by atoms with Crippen LogP contribution in [-0.4, -0.2) is 12.8 Å². The molecule has 2 nitrogen and oxygen atoms in total. The zero-order valence-electron chi connectivity index (χ0n) is 7.38. The van der Waals surface area contributed by atoms with Crippen LogP contribution < -0.4 is 0 Å². The molecule has 0 aliphatic rings. The van der Waals surface area contributed by atoms with Gasteiger partial charge in [0, 0.05) is 6.16 Å². The molecule has 0 aromatic rings. The van der Waals surface area contributed by atoms with Crippen LogP contribution in [0.3, 0.4) is 0 Å². The third kappa shape index (κ3) is 4.39. The van der Waals surface area contributed by atoms with Crippen molar-refractivity contribution in [2.45, 2.75) is 26.7 Å². The fourth-order valence-corrected chi connectivity index (χ4v) is 2.42. The van der Waals surface area contributed by atoms with Crippen LogP contribution in [0.25, 0.3) is 0 Å². The molecule has 0 aromatic heterocycles. The molecular weight excluding hydrogens is 159 g/mol. The van der Waals surface area contributed by atoms with E-state index in [4.69, 9.17) is 4.52 Å². The minimum Gasteiger partial charge on any atom is -0.326 e. The van der Waals surface area contributed by atoms with Gasteiger partial charge in [0.05, 0.1) is 6.61 Å². The van der Waals surface area contributed by atoms with Crippen molar-refractivity contribution < 1.29 is 9.09 Å². The van der Waals surface area contributed by atoms with Crippen molar-refractivity contribution in [3.05, 3.63) is 12.4 Å². The van der Waals surface area contributed by atoms with Gasteiger partial charge in [0.1, 0.15) is 0 Å². The maximum atomic E-state index is 11.6. The average molecular weight is 176 g/mol. The summed E-state index contributed by atoms with van der Waals surface area (Å²) in [6.07, 6.45) is 2.63. The fraction of sp³-hybridized carbons (Fsp3) is 0.750. The molecule has 0 fully saturated rings. The monoisotopic (exact) mass is 176 g/mol. The van der Waals surface area contributed by atoms with Crippen LogP contribution in [-0.2, 0) is 9.09 Å². The van der Waals surface area contributed by atoms with Gasteiger partial charge in [-0.3, -0.25) is 4.57 Å². The first-order chi connectivity index (χ1) is 5.18. The SMILES string of the molecule is C=CP(=O)(CCCC)OCC. The van der Waals surface area contributed by atoms with Gasteiger partial charge in [-0.05, 0) is 19.2 Å². The van der Waals surface area contributed by atoms with Crippen LogP contribution in [0.5, 0.6) is 0 Å². The summed E-state index contributed by atoms with van der Waals surface area (Å²) in [5.41, 5.74) is 0. The Morgan fingerprint density at radius 1 is 1.55 bits per heavy atom. The molecule has 0 N–H and O–H groups in total. The highest BCUT2D eigenvalue weighted by atomic mass is 31.2. The maximum absolute atomic E-state index is 11.6. The van der Waals surface area contributed by atoms with E-state index in [1.807, 2.05) is 6.92 Å². The molecule has 1 unspecified atom stereocenters. The van der Waals surface area contributed by atoms with Gasteiger partial charge in [-0.1, -0.05) is 19.9 Å². The first-order valence-corrected chi connectivity index (χ1v) is 5.93. The number of rotatable bonds is 6. The van der Waals surface area contributed by atoms with Crippen LogP contribution >= 0.6 is 7.37 Å². The first-order valence-electron chi connectivity index (χ1n) is 4.05. The number of hydrogen-bond donors (Lipinski definition) is 0. The molecule has 0 aromatic carbocycles. The van der Waals surface area contributed by atoms with Crippen LogP contribution in [0.2, 0.25) is 0 Å². The molecule has 0 saturated heterocycles. The summed E-state index contributed by atoms with van der Waals surface area (Å²) in [7, 11) is -2.45. The van der Waals surface area contributed by atoms with E-state index in [0.717, 1.165) is 12.8 Å². The molecule has 11 heavy (non-hydrogen) atoms. The molecule has 0 saturated carbocycles. The molecular formula is C8H17O2P. The Balaban J connectivity index is 3.89. The largest absolute Gasteiger partial charge is 0.326 e. The van der Waals surface area contributed by atoms with Crippen molar-refractivity contribution in [3.63, 3.8) is 0 Å². The fourth-order valence-electron chi connectivity index (χ4n) is 0.806. The van der Waals surface area contributed by atoms with Gasteiger partial charge in [-0.15, -0.1) is 0 Å². The second-order valence-corrected chi connectivity index (χ2v) is 4.93. The zero-order valence-corrected chi connectivity index (χ0v) is 8.27. The van der Waals surface area contributed by atoms with E-state index in [2.05, 4.69) is 13.5 Å². The summed E-state index contributed by atoms with van der Waals surface area (Å²) in [6, 6.07) is 0. The second kappa shape index (κ2) is 5.56. The van der Waals surface area contributed by atoms with E-state index in [1.165, 1.54) is 5.82 Å². The standard InChI is InChI=1S/C8H17O2P/c1-4-7-8-11(9,6-3)10-5-2/h6H,3-5,7-8H2,1-2H3. The Kier molecular flexibility index (Phi) is 5.53. The molecule has 0 amide bonds. The summed E-state index contributed by atoms with van der Waals surface area (Å²) in [4.78, 5) is 0. The van der Waals surface area contributed by atoms with Crippen molar-refractivity contribution in [2.24, 2.45) is 0 Å². The Bertz CT molecular complexity index is 154. The highest BCUT2D eigenvalue weighted by Gasteiger charge is 2.15. The van der Waals surface area contributed by atoms with Crippen molar-refractivity contribution in [3.8, 4) is 0 Å². The van der Waals surface area contributed by atoms with Crippen LogP contribution in [0.4, 0.5) is 0 Å². The normalized spacial score (nSPS) is 15.8. The van der Waals surface area contributed by atoms with Crippen LogP contribution in [0.15, 0.2) is 12.4 Å². The third-order valence-corrected chi connectivity index (χ3v) is 3.64. The predicted molar refractivity (Wildman–Crippen MR) is 49.2 cm³/mol. The number of unbranched alkanes of at least 4 members (excludes halogenated alkanes) is 1. The van der Waals surface area contributed by atoms with E-state index < -0.39 is 7.37 Å². The maximum Gasteiger partial charge on any atom is 0.224 e. The van der Waals surface area contributed by atoms with Gasteiger partial charge in [-0.25, -0.2) is 0 Å². The van der Waals surface area contributed by atoms with Crippen molar-refractivity contribution >= 4 is 7.37 Å². The number of hydrogen-bond acceptors (Lipinski definition) is 2. The Hall–Kier alpha value is -0.0700. The summed E-state index contributed by atoms with van der Waals surface area (Å²) in [5, 5.41) is 0. The molecule has 0 bridgehead atoms. The van der Waals surface area contributed by atoms with E-state index >= 15 is 0 Å². The van der Waals surface area contributed by atoms with E-state index in [9.17, 15) is 4.57 Å². The minimum absolute atomic E-state index is 0.507. The quantitative estimate of drug-likeness (QED) is 0.580. The lowest BCUT2D eigenvalue weighted by Crippen LogP contribution is -1.92.